The zero-order valence-corrected chi connectivity index (χ0v) is 10.8. The van der Waals surface area contributed by atoms with E-state index in [1.54, 1.807) is 0 Å². The highest BCUT2D eigenvalue weighted by Crippen LogP contribution is 2.43. The molecule has 1 saturated carbocycles. The van der Waals surface area contributed by atoms with Gasteiger partial charge in [0, 0.05) is 15.8 Å². The van der Waals surface area contributed by atoms with Crippen molar-refractivity contribution in [2.24, 2.45) is 11.7 Å². The summed E-state index contributed by atoms with van der Waals surface area (Å²) in [5, 5.41) is 0. The van der Waals surface area contributed by atoms with E-state index in [0.29, 0.717) is 0 Å². The van der Waals surface area contributed by atoms with Crippen LogP contribution in [0.15, 0.2) is 36.4 Å². The van der Waals surface area contributed by atoms with Gasteiger partial charge < -0.3 is 5.73 Å². The van der Waals surface area contributed by atoms with Crippen LogP contribution in [-0.2, 0) is 0 Å². The predicted molar refractivity (Wildman–Crippen MR) is 74.1 cm³/mol. The molecule has 0 aliphatic heterocycles. The lowest BCUT2D eigenvalue weighted by atomic mass is 10.1. The van der Waals surface area contributed by atoms with Gasteiger partial charge in [-0.2, -0.15) is 0 Å². The monoisotopic (exact) mass is 243 g/mol. The summed E-state index contributed by atoms with van der Waals surface area (Å²) < 4.78 is 0. The topological polar surface area (TPSA) is 26.0 Å². The van der Waals surface area contributed by atoms with Crippen molar-refractivity contribution in [3.05, 3.63) is 46.8 Å². The highest BCUT2D eigenvalue weighted by molar-refractivity contribution is 7.15. The highest BCUT2D eigenvalue weighted by atomic mass is 32.1. The SMILES string of the molecule is Cc1ccccc1-c1ccc(C(N)C2CC2)s1. The minimum Gasteiger partial charge on any atom is -0.323 e. The van der Waals surface area contributed by atoms with Crippen LogP contribution in [0.4, 0.5) is 0 Å². The zero-order chi connectivity index (χ0) is 11.8. The molecule has 2 aromatic rings. The Bertz CT molecular complexity index is 525. The molecule has 2 heteroatoms. The molecule has 1 heterocycles. The van der Waals surface area contributed by atoms with Gasteiger partial charge in [0.05, 0.1) is 0 Å². The molecule has 1 atom stereocenters. The second-order valence-corrected chi connectivity index (χ2v) is 6.00. The molecule has 1 fully saturated rings. The number of rotatable bonds is 3. The van der Waals surface area contributed by atoms with Crippen molar-refractivity contribution in [1.29, 1.82) is 0 Å². The van der Waals surface area contributed by atoms with E-state index in [-0.39, 0.29) is 6.04 Å². The van der Waals surface area contributed by atoms with Gasteiger partial charge in [-0.05, 0) is 48.9 Å². The van der Waals surface area contributed by atoms with Crippen molar-refractivity contribution >= 4 is 11.3 Å². The average molecular weight is 243 g/mol. The molecular formula is C15H17NS. The average Bonchev–Trinajstić information content (AvgIpc) is 3.07. The van der Waals surface area contributed by atoms with Gasteiger partial charge in [0.15, 0.2) is 0 Å². The number of aryl methyl sites for hydroxylation is 1. The van der Waals surface area contributed by atoms with Gasteiger partial charge in [-0.1, -0.05) is 24.3 Å². The number of thiophene rings is 1. The van der Waals surface area contributed by atoms with Crippen LogP contribution in [0.25, 0.3) is 10.4 Å². The van der Waals surface area contributed by atoms with Crippen molar-refractivity contribution in [2.45, 2.75) is 25.8 Å². The van der Waals surface area contributed by atoms with Gasteiger partial charge in [0.25, 0.3) is 0 Å². The Morgan fingerprint density at radius 3 is 2.65 bits per heavy atom. The largest absolute Gasteiger partial charge is 0.323 e. The number of hydrogen-bond acceptors (Lipinski definition) is 2. The molecule has 0 saturated heterocycles. The lowest BCUT2D eigenvalue weighted by Crippen LogP contribution is -2.10. The van der Waals surface area contributed by atoms with Crippen LogP contribution in [0.5, 0.6) is 0 Å². The van der Waals surface area contributed by atoms with Gasteiger partial charge in [0.2, 0.25) is 0 Å². The predicted octanol–water partition coefficient (Wildman–Crippen LogP) is 4.13. The molecule has 1 aromatic heterocycles. The van der Waals surface area contributed by atoms with Gasteiger partial charge >= 0.3 is 0 Å². The molecular weight excluding hydrogens is 226 g/mol. The van der Waals surface area contributed by atoms with Crippen molar-refractivity contribution in [3.8, 4) is 10.4 Å². The third kappa shape index (κ3) is 2.15. The quantitative estimate of drug-likeness (QED) is 0.861. The molecule has 0 amide bonds. The molecule has 1 aliphatic rings. The molecule has 0 spiro atoms. The molecule has 0 radical (unpaired) electrons. The van der Waals surface area contributed by atoms with Gasteiger partial charge in [0.1, 0.15) is 0 Å². The molecule has 1 aromatic carbocycles. The first-order chi connectivity index (χ1) is 8.25. The molecule has 2 N–H and O–H groups in total. The van der Waals surface area contributed by atoms with Gasteiger partial charge in [-0.3, -0.25) is 0 Å². The zero-order valence-electron chi connectivity index (χ0n) is 10.0. The maximum absolute atomic E-state index is 6.24. The normalized spacial score (nSPS) is 17.1. The molecule has 1 nitrogen and oxygen atoms in total. The minimum absolute atomic E-state index is 0.262. The maximum Gasteiger partial charge on any atom is 0.0418 e. The molecule has 1 unspecified atom stereocenters. The Morgan fingerprint density at radius 1 is 1.18 bits per heavy atom. The number of benzene rings is 1. The first-order valence-corrected chi connectivity index (χ1v) is 6.98. The summed E-state index contributed by atoms with van der Waals surface area (Å²) in [4.78, 5) is 2.68. The summed E-state index contributed by atoms with van der Waals surface area (Å²) in [5.74, 6) is 0.735. The Morgan fingerprint density at radius 2 is 1.94 bits per heavy atom. The fraction of sp³-hybridized carbons (Fsp3) is 0.333. The van der Waals surface area contributed by atoms with Crippen LogP contribution in [0.3, 0.4) is 0 Å². The fourth-order valence-electron chi connectivity index (χ4n) is 2.21. The lowest BCUT2D eigenvalue weighted by molar-refractivity contribution is 0.645. The van der Waals surface area contributed by atoms with E-state index in [9.17, 15) is 0 Å². The fourth-order valence-corrected chi connectivity index (χ4v) is 3.41. The van der Waals surface area contributed by atoms with Crippen molar-refractivity contribution in [2.75, 3.05) is 0 Å². The van der Waals surface area contributed by atoms with Crippen LogP contribution in [0.1, 0.15) is 29.3 Å². The standard InChI is InChI=1S/C15H17NS/c1-10-4-2-3-5-12(10)13-8-9-14(17-13)15(16)11-6-7-11/h2-5,8-9,11,15H,6-7,16H2,1H3. The smallest absolute Gasteiger partial charge is 0.0418 e. The van der Waals surface area contributed by atoms with E-state index >= 15 is 0 Å². The number of nitrogens with two attached hydrogens (primary N) is 1. The summed E-state index contributed by atoms with van der Waals surface area (Å²) in [6.45, 7) is 2.16. The number of hydrogen-bond donors (Lipinski definition) is 1. The second kappa shape index (κ2) is 4.28. The summed E-state index contributed by atoms with van der Waals surface area (Å²) in [7, 11) is 0. The van der Waals surface area contributed by atoms with Crippen molar-refractivity contribution in [3.63, 3.8) is 0 Å². The van der Waals surface area contributed by atoms with E-state index in [2.05, 4.69) is 43.3 Å². The third-order valence-corrected chi connectivity index (χ3v) is 4.72. The van der Waals surface area contributed by atoms with Crippen molar-refractivity contribution in [1.82, 2.24) is 0 Å². The third-order valence-electron chi connectivity index (χ3n) is 3.50. The van der Waals surface area contributed by atoms with E-state index in [1.807, 2.05) is 11.3 Å². The Labute approximate surface area is 106 Å². The molecule has 3 rings (SSSR count). The summed E-state index contributed by atoms with van der Waals surface area (Å²) >= 11 is 1.85. The Balaban J connectivity index is 1.92. The van der Waals surface area contributed by atoms with Gasteiger partial charge in [-0.25, -0.2) is 0 Å². The van der Waals surface area contributed by atoms with E-state index in [0.717, 1.165) is 5.92 Å². The molecule has 1 aliphatic carbocycles. The molecule has 0 bridgehead atoms. The summed E-state index contributed by atoms with van der Waals surface area (Å²) in [6.07, 6.45) is 2.61. The first-order valence-electron chi connectivity index (χ1n) is 6.17. The summed E-state index contributed by atoms with van der Waals surface area (Å²) in [6, 6.07) is 13.2. The van der Waals surface area contributed by atoms with Crippen LogP contribution in [0, 0.1) is 12.8 Å². The minimum atomic E-state index is 0.262. The Hall–Kier alpha value is -1.12. The van der Waals surface area contributed by atoms with Crippen LogP contribution in [0.2, 0.25) is 0 Å². The highest BCUT2D eigenvalue weighted by Gasteiger charge is 2.30. The Kier molecular flexibility index (Phi) is 2.77. The van der Waals surface area contributed by atoms with Gasteiger partial charge in [-0.15, -0.1) is 11.3 Å². The van der Waals surface area contributed by atoms with Crippen LogP contribution < -0.4 is 5.73 Å². The maximum atomic E-state index is 6.24. The molecule has 88 valence electrons. The lowest BCUT2D eigenvalue weighted by Gasteiger charge is -2.06. The van der Waals surface area contributed by atoms with Crippen LogP contribution in [-0.4, -0.2) is 0 Å². The van der Waals surface area contributed by atoms with Crippen molar-refractivity contribution < 1.29 is 0 Å². The van der Waals surface area contributed by atoms with E-state index in [1.165, 1.54) is 33.7 Å². The molecule has 17 heavy (non-hydrogen) atoms. The van der Waals surface area contributed by atoms with E-state index < -0.39 is 0 Å². The van der Waals surface area contributed by atoms with Crippen LogP contribution >= 0.6 is 11.3 Å². The second-order valence-electron chi connectivity index (χ2n) is 4.88. The van der Waals surface area contributed by atoms with E-state index in [4.69, 9.17) is 5.73 Å². The summed E-state index contributed by atoms with van der Waals surface area (Å²) in [5.41, 5.74) is 8.91. The first kappa shape index (κ1) is 11.0.